The molecular formula is C19H26N2O4. The van der Waals surface area contributed by atoms with Crippen LogP contribution in [-0.2, 0) is 11.2 Å². The number of nitrogens with zero attached hydrogens (tertiary/aromatic N) is 1. The van der Waals surface area contributed by atoms with Gasteiger partial charge in [-0.1, -0.05) is 6.92 Å². The molecule has 25 heavy (non-hydrogen) atoms. The van der Waals surface area contributed by atoms with Crippen molar-refractivity contribution < 1.29 is 13.9 Å². The van der Waals surface area contributed by atoms with Crippen molar-refractivity contribution in [2.45, 2.75) is 26.7 Å². The number of nitrogens with one attached hydrogen (secondary N) is 1. The third kappa shape index (κ3) is 4.82. The van der Waals surface area contributed by atoms with Gasteiger partial charge in [-0.15, -0.1) is 0 Å². The number of amides is 1. The van der Waals surface area contributed by atoms with Crippen molar-refractivity contribution in [3.05, 3.63) is 39.7 Å². The second-order valence-corrected chi connectivity index (χ2v) is 6.10. The Morgan fingerprint density at radius 2 is 2.12 bits per heavy atom. The summed E-state index contributed by atoms with van der Waals surface area (Å²) in [6.45, 7) is 6.31. The number of benzene rings is 1. The van der Waals surface area contributed by atoms with Gasteiger partial charge in [0.05, 0.1) is 7.11 Å². The molecule has 0 unspecified atom stereocenters. The minimum absolute atomic E-state index is 0.0573. The van der Waals surface area contributed by atoms with Gasteiger partial charge in [0.1, 0.15) is 11.3 Å². The molecule has 0 aliphatic carbocycles. The number of methoxy groups -OCH3 is 1. The zero-order valence-electron chi connectivity index (χ0n) is 15.3. The molecule has 6 nitrogen and oxygen atoms in total. The van der Waals surface area contributed by atoms with E-state index in [-0.39, 0.29) is 12.3 Å². The molecule has 1 heterocycles. The fourth-order valence-corrected chi connectivity index (χ4v) is 2.66. The monoisotopic (exact) mass is 346 g/mol. The predicted molar refractivity (Wildman–Crippen MR) is 98.3 cm³/mol. The van der Waals surface area contributed by atoms with Crippen LogP contribution in [0.3, 0.4) is 0 Å². The van der Waals surface area contributed by atoms with E-state index in [0.717, 1.165) is 24.0 Å². The molecule has 0 atom stereocenters. The van der Waals surface area contributed by atoms with E-state index in [1.165, 1.54) is 0 Å². The van der Waals surface area contributed by atoms with E-state index >= 15 is 0 Å². The van der Waals surface area contributed by atoms with Gasteiger partial charge in [-0.2, -0.15) is 0 Å². The number of fused-ring (bicyclic) bond motifs is 1. The van der Waals surface area contributed by atoms with Gasteiger partial charge in [0, 0.05) is 36.5 Å². The van der Waals surface area contributed by atoms with Gasteiger partial charge < -0.3 is 19.4 Å². The van der Waals surface area contributed by atoms with E-state index in [1.807, 2.05) is 26.1 Å². The Balaban J connectivity index is 2.06. The summed E-state index contributed by atoms with van der Waals surface area (Å²) in [5, 5.41) is 3.74. The lowest BCUT2D eigenvalue weighted by molar-refractivity contribution is -0.121. The highest BCUT2D eigenvalue weighted by Crippen LogP contribution is 2.24. The summed E-state index contributed by atoms with van der Waals surface area (Å²) in [6.07, 6.45) is 0.634. The topological polar surface area (TPSA) is 71.8 Å². The van der Waals surface area contributed by atoms with E-state index < -0.39 is 5.63 Å². The number of aryl methyl sites for hydroxylation is 1. The molecule has 0 aliphatic heterocycles. The highest BCUT2D eigenvalue weighted by Gasteiger charge is 2.13. The minimum atomic E-state index is -0.392. The maximum atomic E-state index is 12.3. The van der Waals surface area contributed by atoms with Crippen LogP contribution in [0.4, 0.5) is 0 Å². The summed E-state index contributed by atoms with van der Waals surface area (Å²) in [5.41, 5.74) is 1.51. The summed E-state index contributed by atoms with van der Waals surface area (Å²) in [4.78, 5) is 26.4. The third-order valence-corrected chi connectivity index (χ3v) is 4.45. The smallest absolute Gasteiger partial charge is 0.339 e. The Hall–Kier alpha value is -2.34. The number of carbonyl (C=O) groups excluding carboxylic acids is 1. The second kappa shape index (κ2) is 8.67. The Bertz CT molecular complexity index is 798. The van der Waals surface area contributed by atoms with Crippen molar-refractivity contribution in [1.29, 1.82) is 0 Å². The van der Waals surface area contributed by atoms with Crippen molar-refractivity contribution >= 4 is 16.9 Å². The lowest BCUT2D eigenvalue weighted by Gasteiger charge is -2.14. The first-order valence-electron chi connectivity index (χ1n) is 8.51. The maximum Gasteiger partial charge on any atom is 0.339 e. The zero-order valence-corrected chi connectivity index (χ0v) is 15.3. The van der Waals surface area contributed by atoms with Crippen molar-refractivity contribution in [2.24, 2.45) is 0 Å². The Kier molecular flexibility index (Phi) is 6.58. The molecule has 1 amide bonds. The summed E-state index contributed by atoms with van der Waals surface area (Å²) < 4.78 is 10.6. The SMILES string of the molecule is CCN(C)CCNC(=O)CCc1c(C)c2ccc(OC)cc2oc1=O. The van der Waals surface area contributed by atoms with Crippen LogP contribution in [0.1, 0.15) is 24.5 Å². The van der Waals surface area contributed by atoms with Gasteiger partial charge in [0.15, 0.2) is 0 Å². The summed E-state index contributed by atoms with van der Waals surface area (Å²) in [7, 11) is 3.57. The number of ether oxygens (including phenoxy) is 1. The van der Waals surface area contributed by atoms with Crippen LogP contribution >= 0.6 is 0 Å². The molecule has 0 bridgehead atoms. The molecule has 0 aliphatic rings. The number of hydrogen-bond acceptors (Lipinski definition) is 5. The van der Waals surface area contributed by atoms with E-state index in [4.69, 9.17) is 9.15 Å². The van der Waals surface area contributed by atoms with Gasteiger partial charge in [-0.3, -0.25) is 4.79 Å². The van der Waals surface area contributed by atoms with E-state index in [2.05, 4.69) is 17.1 Å². The molecular weight excluding hydrogens is 320 g/mol. The van der Waals surface area contributed by atoms with Crippen LogP contribution in [0.25, 0.3) is 11.0 Å². The van der Waals surface area contributed by atoms with Crippen LogP contribution < -0.4 is 15.7 Å². The van der Waals surface area contributed by atoms with E-state index in [1.54, 1.807) is 13.2 Å². The summed E-state index contributed by atoms with van der Waals surface area (Å²) in [6, 6.07) is 5.40. The second-order valence-electron chi connectivity index (χ2n) is 6.10. The molecule has 1 aromatic carbocycles. The van der Waals surface area contributed by atoms with Gasteiger partial charge in [0.25, 0.3) is 0 Å². The number of rotatable bonds is 8. The highest BCUT2D eigenvalue weighted by atomic mass is 16.5. The molecule has 0 radical (unpaired) electrons. The van der Waals surface area contributed by atoms with Gasteiger partial charge in [0.2, 0.25) is 5.91 Å². The molecule has 2 aromatic rings. The molecule has 0 spiro atoms. The Labute approximate surface area is 147 Å². The molecule has 1 aromatic heterocycles. The fraction of sp³-hybridized carbons (Fsp3) is 0.474. The first-order valence-corrected chi connectivity index (χ1v) is 8.51. The standard InChI is InChI=1S/C19H26N2O4/c1-5-21(3)11-10-20-18(22)9-8-16-13(2)15-7-6-14(24-4)12-17(15)25-19(16)23/h6-7,12H,5,8-11H2,1-4H3,(H,20,22). The van der Waals surface area contributed by atoms with E-state index in [0.29, 0.717) is 29.9 Å². The van der Waals surface area contributed by atoms with Gasteiger partial charge in [-0.25, -0.2) is 4.79 Å². The fourth-order valence-electron chi connectivity index (χ4n) is 2.66. The van der Waals surface area contributed by atoms with E-state index in [9.17, 15) is 9.59 Å². The number of hydrogen-bond donors (Lipinski definition) is 1. The first kappa shape index (κ1) is 19.0. The zero-order chi connectivity index (χ0) is 18.4. The average molecular weight is 346 g/mol. The first-order chi connectivity index (χ1) is 12.0. The minimum Gasteiger partial charge on any atom is -0.497 e. The third-order valence-electron chi connectivity index (χ3n) is 4.45. The Morgan fingerprint density at radius 1 is 1.36 bits per heavy atom. The largest absolute Gasteiger partial charge is 0.497 e. The summed E-state index contributed by atoms with van der Waals surface area (Å²) in [5.74, 6) is 0.581. The lowest BCUT2D eigenvalue weighted by atomic mass is 10.0. The molecule has 6 heteroatoms. The molecule has 2 rings (SSSR count). The maximum absolute atomic E-state index is 12.3. The molecule has 0 saturated heterocycles. The van der Waals surface area contributed by atoms with Gasteiger partial charge in [-0.05, 0) is 44.6 Å². The molecule has 136 valence electrons. The van der Waals surface area contributed by atoms with Crippen molar-refractivity contribution in [2.75, 3.05) is 33.8 Å². The van der Waals surface area contributed by atoms with Crippen LogP contribution in [0.5, 0.6) is 5.75 Å². The molecule has 0 saturated carbocycles. The average Bonchev–Trinajstić information content (AvgIpc) is 2.60. The van der Waals surface area contributed by atoms with Crippen molar-refractivity contribution in [1.82, 2.24) is 10.2 Å². The number of likely N-dealkylation sites (N-methyl/N-ethyl adjacent to an activating group) is 1. The molecule has 1 N–H and O–H groups in total. The number of carbonyl (C=O) groups is 1. The quantitative estimate of drug-likeness (QED) is 0.741. The Morgan fingerprint density at radius 3 is 2.80 bits per heavy atom. The van der Waals surface area contributed by atoms with Crippen molar-refractivity contribution in [3.63, 3.8) is 0 Å². The summed E-state index contributed by atoms with van der Waals surface area (Å²) >= 11 is 0. The predicted octanol–water partition coefficient (Wildman–Crippen LogP) is 2.11. The lowest BCUT2D eigenvalue weighted by Crippen LogP contribution is -2.33. The molecule has 0 fully saturated rings. The van der Waals surface area contributed by atoms with Crippen LogP contribution in [0.2, 0.25) is 0 Å². The van der Waals surface area contributed by atoms with Gasteiger partial charge >= 0.3 is 5.63 Å². The van der Waals surface area contributed by atoms with Crippen molar-refractivity contribution in [3.8, 4) is 5.75 Å². The van der Waals surface area contributed by atoms with Crippen LogP contribution in [-0.4, -0.2) is 44.6 Å². The van der Waals surface area contributed by atoms with Crippen LogP contribution in [0.15, 0.2) is 27.4 Å². The van der Waals surface area contributed by atoms with Crippen LogP contribution in [0, 0.1) is 6.92 Å². The normalized spacial score (nSPS) is 11.1. The highest BCUT2D eigenvalue weighted by molar-refractivity contribution is 5.82.